The van der Waals surface area contributed by atoms with E-state index in [0.717, 1.165) is 6.54 Å². The summed E-state index contributed by atoms with van der Waals surface area (Å²) in [4.78, 5) is 29.6. The zero-order valence-electron chi connectivity index (χ0n) is 14.2. The molecule has 24 heavy (non-hydrogen) atoms. The van der Waals surface area contributed by atoms with Gasteiger partial charge in [-0.3, -0.25) is 14.5 Å². The fourth-order valence-electron chi connectivity index (χ4n) is 3.26. The van der Waals surface area contributed by atoms with E-state index in [4.69, 9.17) is 0 Å². The maximum absolute atomic E-state index is 14.4. The molecular weight excluding hydrogens is 311 g/mol. The highest BCUT2D eigenvalue weighted by molar-refractivity contribution is 6.06. The van der Waals surface area contributed by atoms with Gasteiger partial charge in [0.2, 0.25) is 0 Å². The molecule has 1 aliphatic rings. The van der Waals surface area contributed by atoms with Gasteiger partial charge in [0, 0.05) is 44.0 Å². The van der Waals surface area contributed by atoms with Crippen molar-refractivity contribution in [3.05, 3.63) is 34.4 Å². The first kappa shape index (κ1) is 16.7. The van der Waals surface area contributed by atoms with Crippen LogP contribution >= 0.6 is 0 Å². The number of carbonyl (C=O) groups is 1. The van der Waals surface area contributed by atoms with Crippen LogP contribution in [-0.2, 0) is 7.05 Å². The van der Waals surface area contributed by atoms with Gasteiger partial charge in [-0.05, 0) is 26.3 Å². The molecule has 2 N–H and O–H groups in total. The summed E-state index contributed by atoms with van der Waals surface area (Å²) in [5.74, 6) is -0.346. The number of aromatic amines is 1. The third kappa shape index (κ3) is 2.96. The van der Waals surface area contributed by atoms with E-state index >= 15 is 0 Å². The molecule has 1 saturated heterocycles. The van der Waals surface area contributed by atoms with Gasteiger partial charge in [0.15, 0.2) is 0 Å². The fraction of sp³-hybridized carbons (Fsp3) is 0.529. The molecule has 0 saturated carbocycles. The maximum atomic E-state index is 14.4. The third-order valence-corrected chi connectivity index (χ3v) is 4.76. The summed E-state index contributed by atoms with van der Waals surface area (Å²) in [7, 11) is 1.60. The summed E-state index contributed by atoms with van der Waals surface area (Å²) in [5, 5.41) is 3.36. The van der Waals surface area contributed by atoms with Gasteiger partial charge in [0.05, 0.1) is 11.6 Å². The highest BCUT2D eigenvalue weighted by atomic mass is 19.1. The Hall–Kier alpha value is -2.15. The second-order valence-electron chi connectivity index (χ2n) is 6.70. The second kappa shape index (κ2) is 6.39. The average molecular weight is 334 g/mol. The predicted octanol–water partition coefficient (Wildman–Crippen LogP) is 1.42. The van der Waals surface area contributed by atoms with Crippen LogP contribution in [0, 0.1) is 0 Å². The Morgan fingerprint density at radius 3 is 2.88 bits per heavy atom. The molecule has 1 fully saturated rings. The van der Waals surface area contributed by atoms with Crippen molar-refractivity contribution in [2.45, 2.75) is 38.5 Å². The van der Waals surface area contributed by atoms with E-state index in [1.807, 2.05) is 13.8 Å². The Labute approximate surface area is 139 Å². The number of aryl methyl sites for hydroxylation is 1. The number of alkyl halides is 1. The molecular formula is C17H23FN4O2. The van der Waals surface area contributed by atoms with Crippen molar-refractivity contribution in [3.63, 3.8) is 0 Å². The van der Waals surface area contributed by atoms with Gasteiger partial charge in [0.1, 0.15) is 11.7 Å². The van der Waals surface area contributed by atoms with Crippen molar-refractivity contribution < 1.29 is 9.18 Å². The lowest BCUT2D eigenvalue weighted by atomic mass is 10.0. The normalized spacial score (nSPS) is 22.2. The number of fused-ring (bicyclic) bond motifs is 1. The van der Waals surface area contributed by atoms with Gasteiger partial charge in [-0.1, -0.05) is 0 Å². The van der Waals surface area contributed by atoms with Crippen LogP contribution in [0.1, 0.15) is 30.6 Å². The van der Waals surface area contributed by atoms with Crippen LogP contribution in [-0.4, -0.2) is 51.7 Å². The molecule has 2 aromatic heterocycles. The van der Waals surface area contributed by atoms with Gasteiger partial charge < -0.3 is 14.9 Å². The van der Waals surface area contributed by atoms with Crippen LogP contribution in [0.15, 0.2) is 23.3 Å². The summed E-state index contributed by atoms with van der Waals surface area (Å²) in [6.07, 6.45) is 2.61. The number of nitrogens with zero attached hydrogens (tertiary/aromatic N) is 2. The summed E-state index contributed by atoms with van der Waals surface area (Å²) in [5.41, 5.74) is 0.573. The monoisotopic (exact) mass is 334 g/mol. The number of hydrogen-bond donors (Lipinski definition) is 2. The highest BCUT2D eigenvalue weighted by Gasteiger charge is 2.31. The van der Waals surface area contributed by atoms with Crippen molar-refractivity contribution in [1.29, 1.82) is 0 Å². The topological polar surface area (TPSA) is 70.1 Å². The summed E-state index contributed by atoms with van der Waals surface area (Å²) >= 11 is 0. The Morgan fingerprint density at radius 1 is 1.46 bits per heavy atom. The Balaban J connectivity index is 1.80. The molecule has 6 nitrogen and oxygen atoms in total. The first-order valence-corrected chi connectivity index (χ1v) is 8.24. The van der Waals surface area contributed by atoms with Crippen molar-refractivity contribution >= 4 is 16.8 Å². The van der Waals surface area contributed by atoms with Crippen LogP contribution < -0.4 is 10.9 Å². The molecule has 7 heteroatoms. The van der Waals surface area contributed by atoms with Crippen molar-refractivity contribution in [2.75, 3.05) is 13.1 Å². The molecule has 0 radical (unpaired) electrons. The van der Waals surface area contributed by atoms with Crippen molar-refractivity contribution in [2.24, 2.45) is 7.05 Å². The number of hydrogen-bond acceptors (Lipinski definition) is 3. The van der Waals surface area contributed by atoms with Crippen LogP contribution in [0.3, 0.4) is 0 Å². The van der Waals surface area contributed by atoms with E-state index in [1.165, 1.54) is 10.8 Å². The quantitative estimate of drug-likeness (QED) is 0.892. The number of piperidine rings is 1. The number of rotatable bonds is 3. The molecule has 2 aromatic rings. The molecule has 1 amide bonds. The molecule has 130 valence electrons. The van der Waals surface area contributed by atoms with Gasteiger partial charge in [-0.15, -0.1) is 0 Å². The molecule has 0 spiro atoms. The minimum atomic E-state index is -1.10. The lowest BCUT2D eigenvalue weighted by Crippen LogP contribution is -2.53. The molecule has 3 heterocycles. The SMILES string of the molecule is CC(C)N1CC[C@@H](NC(=O)c2cn(C)c(=O)c3[nH]ccc23)C(F)C1. The summed E-state index contributed by atoms with van der Waals surface area (Å²) in [6.45, 7) is 5.17. The molecule has 1 unspecified atom stereocenters. The molecule has 0 bridgehead atoms. The zero-order chi connectivity index (χ0) is 17.4. The van der Waals surface area contributed by atoms with E-state index in [1.54, 1.807) is 19.3 Å². The van der Waals surface area contributed by atoms with Gasteiger partial charge >= 0.3 is 0 Å². The van der Waals surface area contributed by atoms with Gasteiger partial charge in [-0.25, -0.2) is 4.39 Å². The molecule has 0 aliphatic carbocycles. The largest absolute Gasteiger partial charge is 0.357 e. The molecule has 3 rings (SSSR count). The first-order valence-electron chi connectivity index (χ1n) is 8.24. The Kier molecular flexibility index (Phi) is 4.45. The lowest BCUT2D eigenvalue weighted by molar-refractivity contribution is 0.0695. The summed E-state index contributed by atoms with van der Waals surface area (Å²) in [6, 6.07) is 1.49. The Morgan fingerprint density at radius 2 is 2.21 bits per heavy atom. The first-order chi connectivity index (χ1) is 11.4. The fourth-order valence-corrected chi connectivity index (χ4v) is 3.26. The van der Waals surface area contributed by atoms with Crippen molar-refractivity contribution in [1.82, 2.24) is 19.8 Å². The zero-order valence-corrected chi connectivity index (χ0v) is 14.2. The number of H-pyrrole nitrogens is 1. The lowest BCUT2D eigenvalue weighted by Gasteiger charge is -2.37. The van der Waals surface area contributed by atoms with E-state index in [9.17, 15) is 14.0 Å². The van der Waals surface area contributed by atoms with E-state index in [0.29, 0.717) is 35.5 Å². The van der Waals surface area contributed by atoms with Crippen LogP contribution in [0.4, 0.5) is 4.39 Å². The number of likely N-dealkylation sites (tertiary alicyclic amines) is 1. The van der Waals surface area contributed by atoms with Gasteiger partial charge in [-0.2, -0.15) is 0 Å². The third-order valence-electron chi connectivity index (χ3n) is 4.76. The maximum Gasteiger partial charge on any atom is 0.274 e. The van der Waals surface area contributed by atoms with Crippen LogP contribution in [0.2, 0.25) is 0 Å². The van der Waals surface area contributed by atoms with Crippen LogP contribution in [0.5, 0.6) is 0 Å². The summed E-state index contributed by atoms with van der Waals surface area (Å²) < 4.78 is 15.8. The van der Waals surface area contributed by atoms with E-state index in [2.05, 4.69) is 15.2 Å². The number of nitrogens with one attached hydrogen (secondary N) is 2. The minimum Gasteiger partial charge on any atom is -0.357 e. The standard InChI is InChI=1S/C17H23FN4O2/c1-10(2)22-7-5-14(13(18)9-22)20-16(23)12-8-21(3)17(24)15-11(12)4-6-19-15/h4,6,8,10,13-14,19H,5,7,9H2,1-3H3,(H,20,23)/t13?,14-/m1/s1. The smallest absolute Gasteiger partial charge is 0.274 e. The van der Waals surface area contributed by atoms with Gasteiger partial charge in [0.25, 0.3) is 11.5 Å². The Bertz CT molecular complexity index is 811. The predicted molar refractivity (Wildman–Crippen MR) is 91.0 cm³/mol. The second-order valence-corrected chi connectivity index (χ2v) is 6.70. The molecule has 0 aromatic carbocycles. The average Bonchev–Trinajstić information content (AvgIpc) is 3.02. The molecule has 1 aliphatic heterocycles. The van der Waals surface area contributed by atoms with Crippen molar-refractivity contribution in [3.8, 4) is 0 Å². The highest BCUT2D eigenvalue weighted by Crippen LogP contribution is 2.19. The van der Waals surface area contributed by atoms with E-state index < -0.39 is 12.2 Å². The number of amides is 1. The van der Waals surface area contributed by atoms with E-state index in [-0.39, 0.29) is 11.5 Å². The number of carbonyl (C=O) groups excluding carboxylic acids is 1. The number of aromatic nitrogens is 2. The number of pyridine rings is 1. The minimum absolute atomic E-state index is 0.194. The van der Waals surface area contributed by atoms with Crippen LogP contribution in [0.25, 0.3) is 10.9 Å². The number of halogens is 1. The molecule has 2 atom stereocenters.